The molecule has 20 heavy (non-hydrogen) atoms. The van der Waals surface area contributed by atoms with E-state index in [0.29, 0.717) is 0 Å². The highest BCUT2D eigenvalue weighted by molar-refractivity contribution is 14.0. The molecule has 0 aliphatic carbocycles. The van der Waals surface area contributed by atoms with Crippen molar-refractivity contribution in [1.29, 1.82) is 0 Å². The quantitative estimate of drug-likeness (QED) is 0.273. The van der Waals surface area contributed by atoms with Crippen molar-refractivity contribution in [2.24, 2.45) is 4.99 Å². The minimum atomic E-state index is 0. The summed E-state index contributed by atoms with van der Waals surface area (Å²) in [4.78, 5) is 6.81. The highest BCUT2D eigenvalue weighted by Crippen LogP contribution is 2.06. The van der Waals surface area contributed by atoms with Gasteiger partial charge < -0.3 is 15.5 Å². The van der Waals surface area contributed by atoms with Crippen LogP contribution in [0.5, 0.6) is 0 Å². The van der Waals surface area contributed by atoms with Gasteiger partial charge in [-0.05, 0) is 45.3 Å². The van der Waals surface area contributed by atoms with E-state index in [4.69, 9.17) is 0 Å². The van der Waals surface area contributed by atoms with E-state index in [1.165, 1.54) is 64.6 Å². The third-order valence-electron chi connectivity index (χ3n) is 3.69. The van der Waals surface area contributed by atoms with Gasteiger partial charge in [0.1, 0.15) is 0 Å². The summed E-state index contributed by atoms with van der Waals surface area (Å²) in [7, 11) is 1.85. The maximum Gasteiger partial charge on any atom is 0.190 e. The van der Waals surface area contributed by atoms with Crippen LogP contribution in [-0.2, 0) is 0 Å². The Morgan fingerprint density at radius 3 is 2.25 bits per heavy atom. The second kappa shape index (κ2) is 13.9. The molecule has 0 amide bonds. The Hall–Kier alpha value is -0.0400. The maximum absolute atomic E-state index is 4.26. The SMILES string of the molecule is CCCCCCNC(=NC)NCCCN1CCCC1.I. The summed E-state index contributed by atoms with van der Waals surface area (Å²) in [5.41, 5.74) is 0. The standard InChI is InChI=1S/C15H32N4.HI/c1-3-4-5-6-10-17-15(16-2)18-11-9-14-19-12-7-8-13-19;/h3-14H2,1-2H3,(H2,16,17,18);1H. The number of nitrogens with zero attached hydrogens (tertiary/aromatic N) is 2. The lowest BCUT2D eigenvalue weighted by molar-refractivity contribution is 0.334. The molecule has 1 heterocycles. The van der Waals surface area contributed by atoms with E-state index >= 15 is 0 Å². The Labute approximate surface area is 142 Å². The van der Waals surface area contributed by atoms with Crippen molar-refractivity contribution in [1.82, 2.24) is 15.5 Å². The number of halogens is 1. The first-order chi connectivity index (χ1) is 9.36. The topological polar surface area (TPSA) is 39.7 Å². The summed E-state index contributed by atoms with van der Waals surface area (Å²) in [6.45, 7) is 8.11. The summed E-state index contributed by atoms with van der Waals surface area (Å²) in [6, 6.07) is 0. The zero-order valence-electron chi connectivity index (χ0n) is 13.3. The molecular weight excluding hydrogens is 363 g/mol. The predicted octanol–water partition coefficient (Wildman–Crippen LogP) is 2.84. The minimum absolute atomic E-state index is 0. The molecule has 2 N–H and O–H groups in total. The van der Waals surface area contributed by atoms with E-state index < -0.39 is 0 Å². The third kappa shape index (κ3) is 9.80. The maximum atomic E-state index is 4.26. The molecule has 5 heteroatoms. The molecule has 120 valence electrons. The molecule has 1 rings (SSSR count). The molecule has 0 aromatic heterocycles. The lowest BCUT2D eigenvalue weighted by Gasteiger charge is -2.15. The van der Waals surface area contributed by atoms with E-state index in [0.717, 1.165) is 19.0 Å². The fraction of sp³-hybridized carbons (Fsp3) is 0.933. The van der Waals surface area contributed by atoms with Crippen LogP contribution < -0.4 is 10.6 Å². The fourth-order valence-corrected chi connectivity index (χ4v) is 2.49. The van der Waals surface area contributed by atoms with Gasteiger partial charge >= 0.3 is 0 Å². The zero-order valence-corrected chi connectivity index (χ0v) is 15.6. The summed E-state index contributed by atoms with van der Waals surface area (Å²) in [5.74, 6) is 0.956. The van der Waals surface area contributed by atoms with Crippen molar-refractivity contribution >= 4 is 29.9 Å². The molecular formula is C15H33IN4. The Kier molecular flexibility index (Phi) is 13.9. The third-order valence-corrected chi connectivity index (χ3v) is 3.69. The predicted molar refractivity (Wildman–Crippen MR) is 99.2 cm³/mol. The van der Waals surface area contributed by atoms with Gasteiger partial charge in [-0.1, -0.05) is 26.2 Å². The van der Waals surface area contributed by atoms with Gasteiger partial charge in [-0.25, -0.2) is 0 Å². The molecule has 0 aromatic rings. The smallest absolute Gasteiger partial charge is 0.190 e. The first-order valence-corrected chi connectivity index (χ1v) is 8.03. The summed E-state index contributed by atoms with van der Waals surface area (Å²) >= 11 is 0. The highest BCUT2D eigenvalue weighted by Gasteiger charge is 2.10. The van der Waals surface area contributed by atoms with E-state index in [-0.39, 0.29) is 24.0 Å². The molecule has 1 saturated heterocycles. The van der Waals surface area contributed by atoms with Gasteiger partial charge in [-0.3, -0.25) is 4.99 Å². The molecule has 4 nitrogen and oxygen atoms in total. The number of rotatable bonds is 9. The van der Waals surface area contributed by atoms with E-state index in [9.17, 15) is 0 Å². The Morgan fingerprint density at radius 1 is 1.00 bits per heavy atom. The van der Waals surface area contributed by atoms with Gasteiger partial charge in [0, 0.05) is 20.1 Å². The Balaban J connectivity index is 0.00000361. The minimum Gasteiger partial charge on any atom is -0.356 e. The van der Waals surface area contributed by atoms with Gasteiger partial charge in [-0.2, -0.15) is 0 Å². The first kappa shape index (κ1) is 20.0. The molecule has 0 spiro atoms. The van der Waals surface area contributed by atoms with Crippen molar-refractivity contribution < 1.29 is 0 Å². The number of guanidine groups is 1. The van der Waals surface area contributed by atoms with Crippen molar-refractivity contribution in [3.8, 4) is 0 Å². The molecule has 0 bridgehead atoms. The monoisotopic (exact) mass is 396 g/mol. The van der Waals surface area contributed by atoms with Crippen LogP contribution in [0, 0.1) is 0 Å². The van der Waals surface area contributed by atoms with Gasteiger partial charge in [0.25, 0.3) is 0 Å². The number of nitrogens with one attached hydrogen (secondary N) is 2. The number of hydrogen-bond acceptors (Lipinski definition) is 2. The van der Waals surface area contributed by atoms with Crippen LogP contribution >= 0.6 is 24.0 Å². The van der Waals surface area contributed by atoms with E-state index in [1.807, 2.05) is 7.05 Å². The molecule has 0 radical (unpaired) electrons. The van der Waals surface area contributed by atoms with Crippen molar-refractivity contribution in [3.63, 3.8) is 0 Å². The zero-order chi connectivity index (χ0) is 13.8. The van der Waals surface area contributed by atoms with E-state index in [2.05, 4.69) is 27.4 Å². The summed E-state index contributed by atoms with van der Waals surface area (Å²) in [5, 5.41) is 6.78. The first-order valence-electron chi connectivity index (χ1n) is 8.03. The molecule has 1 aliphatic heterocycles. The second-order valence-corrected chi connectivity index (χ2v) is 5.39. The van der Waals surface area contributed by atoms with Crippen molar-refractivity contribution in [2.75, 3.05) is 39.8 Å². The van der Waals surface area contributed by atoms with Crippen LogP contribution in [0.25, 0.3) is 0 Å². The summed E-state index contributed by atoms with van der Waals surface area (Å²) in [6.07, 6.45) is 9.16. The lowest BCUT2D eigenvalue weighted by Crippen LogP contribution is -2.39. The Bertz CT molecular complexity index is 240. The van der Waals surface area contributed by atoms with Crippen LogP contribution in [0.15, 0.2) is 4.99 Å². The Morgan fingerprint density at radius 2 is 1.65 bits per heavy atom. The molecule has 0 atom stereocenters. The normalized spacial score (nSPS) is 16.0. The van der Waals surface area contributed by atoms with Gasteiger partial charge in [0.05, 0.1) is 0 Å². The van der Waals surface area contributed by atoms with Crippen LogP contribution in [0.1, 0.15) is 51.9 Å². The van der Waals surface area contributed by atoms with Crippen LogP contribution in [0.4, 0.5) is 0 Å². The van der Waals surface area contributed by atoms with Gasteiger partial charge in [0.2, 0.25) is 0 Å². The van der Waals surface area contributed by atoms with E-state index in [1.54, 1.807) is 0 Å². The highest BCUT2D eigenvalue weighted by atomic mass is 127. The molecule has 0 unspecified atom stereocenters. The molecule has 1 fully saturated rings. The van der Waals surface area contributed by atoms with Crippen LogP contribution in [0.2, 0.25) is 0 Å². The summed E-state index contributed by atoms with van der Waals surface area (Å²) < 4.78 is 0. The van der Waals surface area contributed by atoms with Crippen LogP contribution in [0.3, 0.4) is 0 Å². The number of hydrogen-bond donors (Lipinski definition) is 2. The molecule has 1 aliphatic rings. The average Bonchev–Trinajstić information content (AvgIpc) is 2.94. The van der Waals surface area contributed by atoms with Crippen molar-refractivity contribution in [2.45, 2.75) is 51.9 Å². The average molecular weight is 396 g/mol. The second-order valence-electron chi connectivity index (χ2n) is 5.39. The number of aliphatic imine (C=N–C) groups is 1. The number of likely N-dealkylation sites (tertiary alicyclic amines) is 1. The largest absolute Gasteiger partial charge is 0.356 e. The molecule has 0 aromatic carbocycles. The fourth-order valence-electron chi connectivity index (χ4n) is 2.49. The van der Waals surface area contributed by atoms with Gasteiger partial charge in [0.15, 0.2) is 5.96 Å². The van der Waals surface area contributed by atoms with Crippen molar-refractivity contribution in [3.05, 3.63) is 0 Å². The van der Waals surface area contributed by atoms with Crippen LogP contribution in [-0.4, -0.2) is 50.6 Å². The molecule has 0 saturated carbocycles. The van der Waals surface area contributed by atoms with Gasteiger partial charge in [-0.15, -0.1) is 24.0 Å². The number of unbranched alkanes of at least 4 members (excludes halogenated alkanes) is 3. The lowest BCUT2D eigenvalue weighted by atomic mass is 10.2.